The lowest BCUT2D eigenvalue weighted by molar-refractivity contribution is -0.141. The van der Waals surface area contributed by atoms with E-state index >= 15 is 0 Å². The van der Waals surface area contributed by atoms with Crippen LogP contribution < -0.4 is 9.47 Å². The van der Waals surface area contributed by atoms with Crippen molar-refractivity contribution in [1.29, 1.82) is 0 Å². The van der Waals surface area contributed by atoms with Crippen LogP contribution in [-0.4, -0.2) is 51.2 Å². The topological polar surface area (TPSA) is 65.1 Å². The molecule has 6 nitrogen and oxygen atoms in total. The molecule has 0 saturated carbocycles. The van der Waals surface area contributed by atoms with Gasteiger partial charge in [0.05, 0.1) is 21.3 Å². The van der Waals surface area contributed by atoms with Crippen molar-refractivity contribution in [3.8, 4) is 11.5 Å². The molecule has 0 spiro atoms. The van der Waals surface area contributed by atoms with Crippen LogP contribution >= 0.6 is 15.9 Å². The Labute approximate surface area is 132 Å². The highest BCUT2D eigenvalue weighted by Gasteiger charge is 2.21. The number of nitrogens with zero attached hydrogens (tertiary/aromatic N) is 1. The van der Waals surface area contributed by atoms with E-state index in [1.54, 1.807) is 19.1 Å². The van der Waals surface area contributed by atoms with Crippen LogP contribution in [0.15, 0.2) is 16.6 Å². The summed E-state index contributed by atoms with van der Waals surface area (Å²) in [6, 6.07) is 3.18. The molecule has 0 atom stereocenters. The Morgan fingerprint density at radius 1 is 1.14 bits per heavy atom. The predicted molar refractivity (Wildman–Crippen MR) is 80.8 cm³/mol. The number of rotatable bonds is 6. The minimum atomic E-state index is -0.471. The van der Waals surface area contributed by atoms with Crippen LogP contribution in [0.1, 0.15) is 17.3 Å². The Hall–Kier alpha value is -1.76. The van der Waals surface area contributed by atoms with Crippen molar-refractivity contribution in [3.05, 3.63) is 22.2 Å². The average molecular weight is 360 g/mol. The molecule has 7 heteroatoms. The van der Waals surface area contributed by atoms with Crippen molar-refractivity contribution in [1.82, 2.24) is 4.90 Å². The second kappa shape index (κ2) is 7.87. The normalized spacial score (nSPS) is 9.95. The van der Waals surface area contributed by atoms with E-state index < -0.39 is 5.97 Å². The van der Waals surface area contributed by atoms with Gasteiger partial charge in [0.2, 0.25) is 0 Å². The monoisotopic (exact) mass is 359 g/mol. The first-order valence-electron chi connectivity index (χ1n) is 6.26. The van der Waals surface area contributed by atoms with E-state index in [0.29, 0.717) is 28.1 Å². The maximum atomic E-state index is 12.5. The number of carbonyl (C=O) groups excluding carboxylic acids is 2. The highest BCUT2D eigenvalue weighted by molar-refractivity contribution is 9.10. The molecule has 0 radical (unpaired) electrons. The van der Waals surface area contributed by atoms with E-state index in [4.69, 9.17) is 9.47 Å². The van der Waals surface area contributed by atoms with Gasteiger partial charge in [-0.25, -0.2) is 0 Å². The molecular weight excluding hydrogens is 342 g/mol. The first-order valence-corrected chi connectivity index (χ1v) is 7.05. The van der Waals surface area contributed by atoms with Crippen LogP contribution in [0, 0.1) is 0 Å². The second-order valence-electron chi connectivity index (χ2n) is 4.09. The molecule has 1 rings (SSSR count). The molecule has 0 aliphatic heterocycles. The van der Waals surface area contributed by atoms with Crippen molar-refractivity contribution in [2.45, 2.75) is 6.92 Å². The molecule has 0 N–H and O–H groups in total. The summed E-state index contributed by atoms with van der Waals surface area (Å²) >= 11 is 3.34. The zero-order valence-electron chi connectivity index (χ0n) is 12.4. The van der Waals surface area contributed by atoms with Gasteiger partial charge in [0.1, 0.15) is 22.5 Å². The third-order valence-electron chi connectivity index (χ3n) is 2.91. The Balaban J connectivity index is 3.13. The fourth-order valence-corrected chi connectivity index (χ4v) is 2.28. The van der Waals surface area contributed by atoms with Crippen molar-refractivity contribution < 1.29 is 23.8 Å². The van der Waals surface area contributed by atoms with Gasteiger partial charge in [-0.15, -0.1) is 0 Å². The Kier molecular flexibility index (Phi) is 6.48. The van der Waals surface area contributed by atoms with Gasteiger partial charge in [0, 0.05) is 12.1 Å². The maximum Gasteiger partial charge on any atom is 0.325 e. The number of esters is 1. The molecular formula is C14H18BrNO5. The van der Waals surface area contributed by atoms with Crippen LogP contribution in [0.2, 0.25) is 0 Å². The zero-order chi connectivity index (χ0) is 16.0. The molecule has 0 aliphatic rings. The van der Waals surface area contributed by atoms with E-state index in [2.05, 4.69) is 20.7 Å². The minimum Gasteiger partial charge on any atom is -0.495 e. The van der Waals surface area contributed by atoms with Crippen LogP contribution in [0.25, 0.3) is 0 Å². The van der Waals surface area contributed by atoms with Crippen molar-refractivity contribution in [2.24, 2.45) is 0 Å². The fraction of sp³-hybridized carbons (Fsp3) is 0.429. The third-order valence-corrected chi connectivity index (χ3v) is 3.69. The molecule has 0 saturated heterocycles. The number of carbonyl (C=O) groups is 2. The molecule has 1 aromatic rings. The van der Waals surface area contributed by atoms with Gasteiger partial charge in [-0.3, -0.25) is 9.59 Å². The molecule has 21 heavy (non-hydrogen) atoms. The van der Waals surface area contributed by atoms with Gasteiger partial charge in [0.25, 0.3) is 5.91 Å². The summed E-state index contributed by atoms with van der Waals surface area (Å²) in [7, 11) is 4.28. The van der Waals surface area contributed by atoms with Crippen molar-refractivity contribution >= 4 is 27.8 Å². The molecule has 0 heterocycles. The van der Waals surface area contributed by atoms with E-state index in [9.17, 15) is 9.59 Å². The first-order chi connectivity index (χ1) is 9.98. The van der Waals surface area contributed by atoms with Gasteiger partial charge >= 0.3 is 5.97 Å². The summed E-state index contributed by atoms with van der Waals surface area (Å²) in [5, 5.41) is 0. The molecule has 116 valence electrons. The number of halogens is 1. The number of benzene rings is 1. The highest BCUT2D eigenvalue weighted by Crippen LogP contribution is 2.35. The molecule has 0 bridgehead atoms. The first kappa shape index (κ1) is 17.3. The zero-order valence-corrected chi connectivity index (χ0v) is 14.0. The number of methoxy groups -OCH3 is 3. The van der Waals surface area contributed by atoms with Crippen LogP contribution in [-0.2, 0) is 9.53 Å². The van der Waals surface area contributed by atoms with E-state index in [1.807, 2.05) is 0 Å². The standard InChI is InChI=1S/C14H18BrNO5/c1-5-16(8-12(17)21-4)14(18)9-6-10(19-2)13(15)11(7-9)20-3/h6-7H,5,8H2,1-4H3. The molecule has 0 unspecified atom stereocenters. The number of hydrogen-bond acceptors (Lipinski definition) is 5. The largest absolute Gasteiger partial charge is 0.495 e. The lowest BCUT2D eigenvalue weighted by Crippen LogP contribution is -2.36. The predicted octanol–water partition coefficient (Wildman–Crippen LogP) is 2.10. The molecule has 0 aliphatic carbocycles. The van der Waals surface area contributed by atoms with E-state index in [-0.39, 0.29) is 12.5 Å². The van der Waals surface area contributed by atoms with Gasteiger partial charge in [-0.2, -0.15) is 0 Å². The van der Waals surface area contributed by atoms with Gasteiger partial charge < -0.3 is 19.1 Å². The van der Waals surface area contributed by atoms with Crippen molar-refractivity contribution in [3.63, 3.8) is 0 Å². The number of amides is 1. The third kappa shape index (κ3) is 4.10. The maximum absolute atomic E-state index is 12.5. The summed E-state index contributed by atoms with van der Waals surface area (Å²) in [5.74, 6) is 0.187. The number of likely N-dealkylation sites (N-methyl/N-ethyl adjacent to an activating group) is 1. The smallest absolute Gasteiger partial charge is 0.325 e. The second-order valence-corrected chi connectivity index (χ2v) is 4.88. The molecule has 1 amide bonds. The Bertz CT molecular complexity index is 507. The lowest BCUT2D eigenvalue weighted by Gasteiger charge is -2.20. The quantitative estimate of drug-likeness (QED) is 0.727. The molecule has 0 aromatic heterocycles. The summed E-state index contributed by atoms with van der Waals surface area (Å²) in [6.45, 7) is 2.06. The minimum absolute atomic E-state index is 0.105. The number of ether oxygens (including phenoxy) is 3. The summed E-state index contributed by atoms with van der Waals surface area (Å²) in [5.41, 5.74) is 0.373. The molecule has 0 fully saturated rings. The lowest BCUT2D eigenvalue weighted by atomic mass is 10.1. The van der Waals surface area contributed by atoms with E-state index in [0.717, 1.165) is 0 Å². The summed E-state index contributed by atoms with van der Waals surface area (Å²) < 4.78 is 15.6. The SMILES string of the molecule is CCN(CC(=O)OC)C(=O)c1cc(OC)c(Br)c(OC)c1. The Morgan fingerprint density at radius 2 is 1.67 bits per heavy atom. The fourth-order valence-electron chi connectivity index (χ4n) is 1.72. The molecule has 1 aromatic carbocycles. The summed E-state index contributed by atoms with van der Waals surface area (Å²) in [6.07, 6.45) is 0. The van der Waals surface area contributed by atoms with Crippen LogP contribution in [0.4, 0.5) is 0 Å². The van der Waals surface area contributed by atoms with Gasteiger partial charge in [-0.05, 0) is 35.0 Å². The average Bonchev–Trinajstić information content (AvgIpc) is 2.51. The van der Waals surface area contributed by atoms with Crippen LogP contribution in [0.3, 0.4) is 0 Å². The Morgan fingerprint density at radius 3 is 2.05 bits per heavy atom. The van der Waals surface area contributed by atoms with Crippen LogP contribution in [0.5, 0.6) is 11.5 Å². The van der Waals surface area contributed by atoms with E-state index in [1.165, 1.54) is 26.2 Å². The summed E-state index contributed by atoms with van der Waals surface area (Å²) in [4.78, 5) is 25.2. The highest BCUT2D eigenvalue weighted by atomic mass is 79.9. The van der Waals surface area contributed by atoms with Gasteiger partial charge in [0.15, 0.2) is 0 Å². The van der Waals surface area contributed by atoms with Gasteiger partial charge in [-0.1, -0.05) is 0 Å². The number of hydrogen-bond donors (Lipinski definition) is 0. The van der Waals surface area contributed by atoms with Crippen molar-refractivity contribution in [2.75, 3.05) is 34.4 Å².